The maximum absolute atomic E-state index is 12.9. The largest absolute Gasteiger partial charge is 0.493 e. The molecule has 0 saturated heterocycles. The number of aryl methyl sites for hydroxylation is 1. The number of fused-ring (bicyclic) bond motifs is 2. The van der Waals surface area contributed by atoms with E-state index in [4.69, 9.17) is 9.84 Å². The minimum atomic E-state index is -0.206. The molecule has 1 heterocycles. The molecule has 1 amide bonds. The van der Waals surface area contributed by atoms with Crippen molar-refractivity contribution in [3.8, 4) is 11.4 Å². The van der Waals surface area contributed by atoms with Crippen molar-refractivity contribution in [2.24, 2.45) is 0 Å². The molecule has 33 heavy (non-hydrogen) atoms. The van der Waals surface area contributed by atoms with Crippen LogP contribution in [0.4, 0.5) is 5.69 Å². The quantitative estimate of drug-likeness (QED) is 0.307. The molecule has 1 aromatic heterocycles. The second-order valence-electron chi connectivity index (χ2n) is 7.68. The highest BCUT2D eigenvalue weighted by molar-refractivity contribution is 9.10. The molecule has 0 spiro atoms. The van der Waals surface area contributed by atoms with E-state index in [0.717, 1.165) is 32.0 Å². The first-order chi connectivity index (χ1) is 16.0. The van der Waals surface area contributed by atoms with Gasteiger partial charge in [-0.1, -0.05) is 36.4 Å². The van der Waals surface area contributed by atoms with E-state index in [9.17, 15) is 4.79 Å². The number of carbonyl (C=O) groups excluding carboxylic acids is 1. The predicted molar refractivity (Wildman–Crippen MR) is 134 cm³/mol. The molecule has 4 aromatic carbocycles. The van der Waals surface area contributed by atoms with Crippen molar-refractivity contribution in [2.45, 2.75) is 13.8 Å². The van der Waals surface area contributed by atoms with Gasteiger partial charge in [0.2, 0.25) is 0 Å². The molecular formula is C26H21BrN4O2. The van der Waals surface area contributed by atoms with E-state index in [-0.39, 0.29) is 5.91 Å². The summed E-state index contributed by atoms with van der Waals surface area (Å²) in [6.45, 7) is 4.42. The van der Waals surface area contributed by atoms with Gasteiger partial charge in [0.1, 0.15) is 16.8 Å². The van der Waals surface area contributed by atoms with Gasteiger partial charge in [-0.25, -0.2) is 0 Å². The minimum absolute atomic E-state index is 0.206. The first kappa shape index (κ1) is 21.2. The fraction of sp³-hybridized carbons (Fsp3) is 0.115. The number of hydrogen-bond acceptors (Lipinski definition) is 4. The lowest BCUT2D eigenvalue weighted by Gasteiger charge is -2.10. The van der Waals surface area contributed by atoms with E-state index in [2.05, 4.69) is 44.5 Å². The van der Waals surface area contributed by atoms with Gasteiger partial charge in [0.25, 0.3) is 5.91 Å². The van der Waals surface area contributed by atoms with E-state index in [0.29, 0.717) is 29.1 Å². The van der Waals surface area contributed by atoms with E-state index < -0.39 is 0 Å². The van der Waals surface area contributed by atoms with Crippen LogP contribution in [0.2, 0.25) is 0 Å². The fourth-order valence-electron chi connectivity index (χ4n) is 3.80. The van der Waals surface area contributed by atoms with Crippen molar-refractivity contribution in [1.82, 2.24) is 15.0 Å². The van der Waals surface area contributed by atoms with Gasteiger partial charge in [0, 0.05) is 16.6 Å². The number of anilines is 1. The van der Waals surface area contributed by atoms with Crippen LogP contribution in [-0.2, 0) is 0 Å². The molecule has 164 valence electrons. The number of halogens is 1. The summed E-state index contributed by atoms with van der Waals surface area (Å²) >= 11 is 3.46. The third-order valence-electron chi connectivity index (χ3n) is 5.45. The van der Waals surface area contributed by atoms with Crippen molar-refractivity contribution >= 4 is 49.3 Å². The van der Waals surface area contributed by atoms with Gasteiger partial charge in [-0.15, -0.1) is 15.0 Å². The van der Waals surface area contributed by atoms with Crippen LogP contribution < -0.4 is 10.1 Å². The molecule has 0 saturated carbocycles. The van der Waals surface area contributed by atoms with Crippen LogP contribution in [0.5, 0.6) is 5.75 Å². The third-order valence-corrected chi connectivity index (χ3v) is 6.07. The van der Waals surface area contributed by atoms with Crippen LogP contribution in [0.15, 0.2) is 77.3 Å². The van der Waals surface area contributed by atoms with Gasteiger partial charge >= 0.3 is 0 Å². The first-order valence-electron chi connectivity index (χ1n) is 10.6. The fourth-order valence-corrected chi connectivity index (χ4v) is 4.30. The average molecular weight is 501 g/mol. The summed E-state index contributed by atoms with van der Waals surface area (Å²) in [6, 6.07) is 23.3. The Balaban J connectivity index is 1.47. The number of nitrogens with one attached hydrogen (secondary N) is 1. The molecule has 0 aliphatic rings. The molecule has 0 unspecified atom stereocenters. The molecule has 6 nitrogen and oxygen atoms in total. The van der Waals surface area contributed by atoms with Gasteiger partial charge in [0.15, 0.2) is 0 Å². The summed E-state index contributed by atoms with van der Waals surface area (Å²) in [7, 11) is 0. The normalized spacial score (nSPS) is 11.1. The van der Waals surface area contributed by atoms with E-state index in [1.165, 1.54) is 0 Å². The molecule has 0 aliphatic heterocycles. The molecular weight excluding hydrogens is 480 g/mol. The maximum Gasteiger partial charge on any atom is 0.255 e. The Morgan fingerprint density at radius 3 is 2.55 bits per heavy atom. The highest BCUT2D eigenvalue weighted by Gasteiger charge is 2.14. The summed E-state index contributed by atoms with van der Waals surface area (Å²) < 4.78 is 6.26. The second kappa shape index (κ2) is 8.67. The number of amides is 1. The van der Waals surface area contributed by atoms with E-state index >= 15 is 0 Å². The van der Waals surface area contributed by atoms with Gasteiger partial charge in [-0.2, -0.15) is 0 Å². The van der Waals surface area contributed by atoms with Gasteiger partial charge in [-0.05, 0) is 77.1 Å². The van der Waals surface area contributed by atoms with Crippen molar-refractivity contribution < 1.29 is 9.53 Å². The molecule has 0 fully saturated rings. The van der Waals surface area contributed by atoms with Crippen LogP contribution in [0, 0.1) is 6.92 Å². The monoisotopic (exact) mass is 500 g/mol. The van der Waals surface area contributed by atoms with Crippen molar-refractivity contribution in [2.75, 3.05) is 11.9 Å². The predicted octanol–water partition coefficient (Wildman–Crippen LogP) is 6.30. The summed E-state index contributed by atoms with van der Waals surface area (Å²) in [5, 5.41) is 14.6. The zero-order valence-electron chi connectivity index (χ0n) is 18.2. The summed E-state index contributed by atoms with van der Waals surface area (Å²) in [5.41, 5.74) is 4.52. The van der Waals surface area contributed by atoms with Crippen LogP contribution in [0.25, 0.3) is 27.5 Å². The molecule has 5 aromatic rings. The minimum Gasteiger partial charge on any atom is -0.493 e. The zero-order chi connectivity index (χ0) is 22.9. The van der Waals surface area contributed by atoms with E-state index in [1.54, 1.807) is 23.0 Å². The first-order valence-corrected chi connectivity index (χ1v) is 11.4. The van der Waals surface area contributed by atoms with Crippen LogP contribution >= 0.6 is 15.9 Å². The van der Waals surface area contributed by atoms with Gasteiger partial charge in [-0.3, -0.25) is 4.79 Å². The molecule has 1 N–H and O–H groups in total. The smallest absolute Gasteiger partial charge is 0.255 e. The Kier molecular flexibility index (Phi) is 5.56. The molecule has 0 aliphatic carbocycles. The molecule has 0 radical (unpaired) electrons. The summed E-state index contributed by atoms with van der Waals surface area (Å²) in [4.78, 5) is 14.5. The summed E-state index contributed by atoms with van der Waals surface area (Å²) in [6.07, 6.45) is 0. The average Bonchev–Trinajstić information content (AvgIpc) is 3.22. The number of ether oxygens (including phenoxy) is 1. The van der Waals surface area contributed by atoms with Crippen molar-refractivity contribution in [3.63, 3.8) is 0 Å². The topological polar surface area (TPSA) is 69.0 Å². The Hall–Kier alpha value is -3.71. The number of nitrogens with zero attached hydrogens (tertiary/aromatic N) is 3. The highest BCUT2D eigenvalue weighted by Crippen LogP contribution is 2.28. The third kappa shape index (κ3) is 4.07. The molecule has 0 atom stereocenters. The standard InChI is InChI=1S/C26H21BrN4O2/c1-3-33-25-12-11-18(14-20(25)27)26(32)28-21-15-23-22(13-16(21)2)29-31(30-23)24-10-6-8-17-7-4-5-9-19(17)24/h4-15H,3H2,1-2H3,(H,28,32). The zero-order valence-corrected chi connectivity index (χ0v) is 19.8. The maximum atomic E-state index is 12.9. The molecule has 5 rings (SSSR count). The lowest BCUT2D eigenvalue weighted by atomic mass is 10.1. The van der Waals surface area contributed by atoms with Crippen LogP contribution in [-0.4, -0.2) is 27.5 Å². The second-order valence-corrected chi connectivity index (χ2v) is 8.53. The van der Waals surface area contributed by atoms with Crippen molar-refractivity contribution in [3.05, 3.63) is 88.4 Å². The number of aromatic nitrogens is 3. The SMILES string of the molecule is CCOc1ccc(C(=O)Nc2cc3nn(-c4cccc5ccccc45)nc3cc2C)cc1Br. The Labute approximate surface area is 199 Å². The Morgan fingerprint density at radius 2 is 1.76 bits per heavy atom. The highest BCUT2D eigenvalue weighted by atomic mass is 79.9. The number of carbonyl (C=O) groups is 1. The number of benzene rings is 4. The molecule has 7 heteroatoms. The van der Waals surface area contributed by atoms with Gasteiger partial charge < -0.3 is 10.1 Å². The lowest BCUT2D eigenvalue weighted by Crippen LogP contribution is -2.13. The van der Waals surface area contributed by atoms with Crippen LogP contribution in [0.1, 0.15) is 22.8 Å². The Morgan fingerprint density at radius 1 is 1.00 bits per heavy atom. The summed E-state index contributed by atoms with van der Waals surface area (Å²) in [5.74, 6) is 0.499. The van der Waals surface area contributed by atoms with E-state index in [1.807, 2.05) is 50.2 Å². The van der Waals surface area contributed by atoms with Crippen LogP contribution in [0.3, 0.4) is 0 Å². The lowest BCUT2D eigenvalue weighted by molar-refractivity contribution is 0.102. The molecule has 0 bridgehead atoms. The van der Waals surface area contributed by atoms with Crippen molar-refractivity contribution in [1.29, 1.82) is 0 Å². The Bertz CT molecular complexity index is 1500. The number of rotatable bonds is 5. The number of hydrogen-bond donors (Lipinski definition) is 1. The van der Waals surface area contributed by atoms with Gasteiger partial charge in [0.05, 0.1) is 16.8 Å².